The number of aryl methyl sites for hydroxylation is 1. The van der Waals surface area contributed by atoms with Crippen LogP contribution in [0.25, 0.3) is 38.8 Å². The van der Waals surface area contributed by atoms with Gasteiger partial charge in [0.05, 0.1) is 16.4 Å². The maximum atomic E-state index is 6.79. The number of aromatic nitrogens is 2. The van der Waals surface area contributed by atoms with E-state index in [2.05, 4.69) is 115 Å². The molecule has 2 aromatic heterocycles. The Morgan fingerprint density at radius 3 is 2.42 bits per heavy atom. The highest BCUT2D eigenvalue weighted by atomic mass is 16.5. The average Bonchev–Trinajstić information content (AvgIpc) is 3.44. The van der Waals surface area contributed by atoms with Gasteiger partial charge in [0.25, 0.3) is 0 Å². The van der Waals surface area contributed by atoms with Gasteiger partial charge in [0.1, 0.15) is 5.75 Å². The van der Waals surface area contributed by atoms with Gasteiger partial charge in [-0.1, -0.05) is 85.5 Å². The largest absolute Gasteiger partial charge is 0.454 e. The van der Waals surface area contributed by atoms with E-state index in [-0.39, 0.29) is 0 Å². The average molecular weight is 467 g/mol. The predicted molar refractivity (Wildman–Crippen MR) is 150 cm³/mol. The molecule has 3 nitrogen and oxygen atoms in total. The van der Waals surface area contributed by atoms with Crippen molar-refractivity contribution >= 4 is 38.8 Å². The molecule has 0 spiro atoms. The number of H-pyrrole nitrogens is 2. The van der Waals surface area contributed by atoms with E-state index in [0.717, 1.165) is 50.3 Å². The van der Waals surface area contributed by atoms with E-state index in [4.69, 9.17) is 4.74 Å². The molecule has 0 saturated heterocycles. The molecule has 6 aromatic rings. The molecular formula is C33H26N2O. The molecule has 1 aliphatic rings. The Kier molecular flexibility index (Phi) is 4.34. The molecule has 2 N–H and O–H groups in total. The maximum absolute atomic E-state index is 6.79. The van der Waals surface area contributed by atoms with Crippen molar-refractivity contribution < 1.29 is 4.74 Å². The van der Waals surface area contributed by atoms with Gasteiger partial charge in [-0.25, -0.2) is 0 Å². The van der Waals surface area contributed by atoms with Crippen molar-refractivity contribution in [3.8, 4) is 11.5 Å². The lowest BCUT2D eigenvalue weighted by Gasteiger charge is -2.38. The van der Waals surface area contributed by atoms with Gasteiger partial charge in [0.15, 0.2) is 5.75 Å². The molecule has 0 amide bonds. The topological polar surface area (TPSA) is 40.8 Å². The molecule has 0 fully saturated rings. The SMILES string of the molecule is C=C/C=C\c1c(C)[nH]c2c3c(ccc12)C(C)(c1ccccc1)c1c(ccc2c1[nH]c1ccccc12)O3. The van der Waals surface area contributed by atoms with Crippen LogP contribution in [0.4, 0.5) is 0 Å². The summed E-state index contributed by atoms with van der Waals surface area (Å²) in [4.78, 5) is 7.35. The fraction of sp³-hybridized carbons (Fsp3) is 0.0909. The molecular weight excluding hydrogens is 440 g/mol. The van der Waals surface area contributed by atoms with Gasteiger partial charge in [0.2, 0.25) is 0 Å². The van der Waals surface area contributed by atoms with Gasteiger partial charge in [-0.3, -0.25) is 0 Å². The van der Waals surface area contributed by atoms with Crippen LogP contribution in [0.1, 0.15) is 34.9 Å². The van der Waals surface area contributed by atoms with Crippen LogP contribution in [0, 0.1) is 6.92 Å². The van der Waals surface area contributed by atoms with Gasteiger partial charge < -0.3 is 14.7 Å². The van der Waals surface area contributed by atoms with E-state index in [1.807, 2.05) is 12.2 Å². The zero-order valence-corrected chi connectivity index (χ0v) is 20.4. The third-order valence-corrected chi connectivity index (χ3v) is 7.81. The number of rotatable bonds is 3. The molecule has 4 aromatic carbocycles. The summed E-state index contributed by atoms with van der Waals surface area (Å²) in [7, 11) is 0. The zero-order valence-electron chi connectivity index (χ0n) is 20.4. The molecule has 0 aliphatic carbocycles. The predicted octanol–water partition coefficient (Wildman–Crippen LogP) is 8.77. The fourth-order valence-corrected chi connectivity index (χ4v) is 6.06. The fourth-order valence-electron chi connectivity index (χ4n) is 6.06. The molecule has 1 unspecified atom stereocenters. The summed E-state index contributed by atoms with van der Waals surface area (Å²) in [5, 5.41) is 3.59. The first kappa shape index (κ1) is 20.8. The molecule has 7 rings (SSSR count). The minimum atomic E-state index is -0.422. The lowest BCUT2D eigenvalue weighted by atomic mass is 9.68. The summed E-state index contributed by atoms with van der Waals surface area (Å²) in [6.07, 6.45) is 5.89. The van der Waals surface area contributed by atoms with E-state index in [1.165, 1.54) is 21.9 Å². The lowest BCUT2D eigenvalue weighted by Crippen LogP contribution is -2.30. The molecule has 36 heavy (non-hydrogen) atoms. The Labute approximate surface area is 209 Å². The van der Waals surface area contributed by atoms with Gasteiger partial charge in [-0.2, -0.15) is 0 Å². The Morgan fingerprint density at radius 2 is 1.58 bits per heavy atom. The van der Waals surface area contributed by atoms with Crippen LogP contribution >= 0.6 is 0 Å². The molecule has 0 bridgehead atoms. The number of aromatic amines is 2. The summed E-state index contributed by atoms with van der Waals surface area (Å²) in [6.45, 7) is 8.27. The van der Waals surface area contributed by atoms with Crippen molar-refractivity contribution in [1.82, 2.24) is 9.97 Å². The van der Waals surface area contributed by atoms with Crippen molar-refractivity contribution in [1.29, 1.82) is 0 Å². The van der Waals surface area contributed by atoms with Crippen LogP contribution < -0.4 is 4.74 Å². The van der Waals surface area contributed by atoms with Crippen LogP contribution in [0.5, 0.6) is 11.5 Å². The number of para-hydroxylation sites is 1. The van der Waals surface area contributed by atoms with E-state index >= 15 is 0 Å². The second-order valence-electron chi connectivity index (χ2n) is 9.75. The quantitative estimate of drug-likeness (QED) is 0.251. The minimum Gasteiger partial charge on any atom is -0.454 e. The summed E-state index contributed by atoms with van der Waals surface area (Å²) < 4.78 is 6.79. The Bertz CT molecular complexity index is 1850. The molecule has 174 valence electrons. The van der Waals surface area contributed by atoms with Gasteiger partial charge in [0, 0.05) is 44.1 Å². The van der Waals surface area contributed by atoms with E-state index in [9.17, 15) is 0 Å². The Hall–Kier alpha value is -4.50. The van der Waals surface area contributed by atoms with Gasteiger partial charge in [-0.05, 0) is 37.6 Å². The second-order valence-corrected chi connectivity index (χ2v) is 9.75. The highest BCUT2D eigenvalue weighted by molar-refractivity contribution is 6.10. The van der Waals surface area contributed by atoms with Crippen molar-refractivity contribution in [2.24, 2.45) is 0 Å². The first-order chi connectivity index (χ1) is 17.6. The van der Waals surface area contributed by atoms with Crippen LogP contribution in [0.15, 0.2) is 97.6 Å². The number of fused-ring (bicyclic) bond motifs is 8. The highest BCUT2D eigenvalue weighted by Gasteiger charge is 2.42. The highest BCUT2D eigenvalue weighted by Crippen LogP contribution is 2.56. The van der Waals surface area contributed by atoms with Crippen molar-refractivity contribution in [3.63, 3.8) is 0 Å². The molecule has 0 saturated carbocycles. The molecule has 1 aliphatic heterocycles. The molecule has 0 radical (unpaired) electrons. The Balaban J connectivity index is 1.60. The normalized spacial score (nSPS) is 16.9. The minimum absolute atomic E-state index is 0.422. The smallest absolute Gasteiger partial charge is 0.155 e. The number of allylic oxidation sites excluding steroid dienone is 2. The van der Waals surface area contributed by atoms with Crippen LogP contribution in [0.2, 0.25) is 0 Å². The number of hydrogen-bond acceptors (Lipinski definition) is 1. The first-order valence-corrected chi connectivity index (χ1v) is 12.3. The number of ether oxygens (including phenoxy) is 1. The monoisotopic (exact) mass is 466 g/mol. The van der Waals surface area contributed by atoms with Crippen molar-refractivity contribution in [2.75, 3.05) is 0 Å². The van der Waals surface area contributed by atoms with Crippen LogP contribution in [-0.2, 0) is 5.41 Å². The second kappa shape index (κ2) is 7.50. The van der Waals surface area contributed by atoms with Crippen molar-refractivity contribution in [3.05, 3.63) is 126 Å². The summed E-state index contributed by atoms with van der Waals surface area (Å²) in [6, 6.07) is 28.1. The Morgan fingerprint density at radius 1 is 0.806 bits per heavy atom. The number of nitrogens with one attached hydrogen (secondary N) is 2. The summed E-state index contributed by atoms with van der Waals surface area (Å²) >= 11 is 0. The van der Waals surface area contributed by atoms with E-state index in [1.54, 1.807) is 0 Å². The van der Waals surface area contributed by atoms with Crippen LogP contribution in [-0.4, -0.2) is 9.97 Å². The molecule has 3 heteroatoms. The third kappa shape index (κ3) is 2.68. The number of benzene rings is 4. The lowest BCUT2D eigenvalue weighted by molar-refractivity contribution is 0.433. The van der Waals surface area contributed by atoms with Gasteiger partial charge in [-0.15, -0.1) is 0 Å². The van der Waals surface area contributed by atoms with Crippen LogP contribution in [0.3, 0.4) is 0 Å². The van der Waals surface area contributed by atoms with Gasteiger partial charge >= 0.3 is 0 Å². The summed E-state index contributed by atoms with van der Waals surface area (Å²) in [5.74, 6) is 1.78. The number of hydrogen-bond donors (Lipinski definition) is 2. The molecule has 1 atom stereocenters. The molecule has 3 heterocycles. The first-order valence-electron chi connectivity index (χ1n) is 12.3. The summed E-state index contributed by atoms with van der Waals surface area (Å²) in [5.41, 5.74) is 8.70. The standard InChI is InChI=1S/C33H26N2O/c1-4-5-13-22-20(2)34-31-24(22)16-18-26-32(31)36-28-19-17-25-23-14-9-10-15-27(23)35-30(25)29(28)33(26,3)21-11-7-6-8-12-21/h4-19,34-35H,1H2,2-3H3/b13-5-. The van der Waals surface area contributed by atoms with E-state index in [0.29, 0.717) is 0 Å². The van der Waals surface area contributed by atoms with Crippen molar-refractivity contribution in [2.45, 2.75) is 19.3 Å². The third-order valence-electron chi connectivity index (χ3n) is 7.81. The maximum Gasteiger partial charge on any atom is 0.155 e. The zero-order chi connectivity index (χ0) is 24.4. The van der Waals surface area contributed by atoms with E-state index < -0.39 is 5.41 Å².